The van der Waals surface area contributed by atoms with Crippen LogP contribution in [0.5, 0.6) is 0 Å². The first kappa shape index (κ1) is 12.8. The summed E-state index contributed by atoms with van der Waals surface area (Å²) in [6, 6.07) is 3.73. The second-order valence-electron chi connectivity index (χ2n) is 4.90. The smallest absolute Gasteiger partial charge is 0.272 e. The molecule has 1 amide bonds. The number of anilines is 1. The number of nitrogens with one attached hydrogen (secondary N) is 2. The summed E-state index contributed by atoms with van der Waals surface area (Å²) in [5, 5.41) is 13.8. The summed E-state index contributed by atoms with van der Waals surface area (Å²) in [7, 11) is 1.77. The van der Waals surface area contributed by atoms with E-state index in [4.69, 9.17) is 0 Å². The highest BCUT2D eigenvalue weighted by atomic mass is 16.2. The van der Waals surface area contributed by atoms with Gasteiger partial charge in [-0.3, -0.25) is 4.79 Å². The Morgan fingerprint density at radius 3 is 2.67 bits per heavy atom. The van der Waals surface area contributed by atoms with E-state index < -0.39 is 0 Å². The average molecular weight is 248 g/mol. The van der Waals surface area contributed by atoms with Crippen LogP contribution in [0.4, 0.5) is 5.82 Å². The molecule has 5 nitrogen and oxygen atoms in total. The minimum atomic E-state index is -0.121. The van der Waals surface area contributed by atoms with Crippen LogP contribution in [-0.2, 0) is 0 Å². The van der Waals surface area contributed by atoms with Gasteiger partial charge in [0.2, 0.25) is 0 Å². The molecule has 1 aliphatic carbocycles. The van der Waals surface area contributed by atoms with Gasteiger partial charge in [-0.1, -0.05) is 19.8 Å². The standard InChI is InChI=1S/C13H20N4O/c1-9-5-3-4-6-10(9)15-13(18)11-7-8-12(14-2)17-16-11/h7-10H,3-6H2,1-2H3,(H,14,17)(H,15,18). The molecule has 0 aliphatic heterocycles. The van der Waals surface area contributed by atoms with Crippen molar-refractivity contribution in [1.82, 2.24) is 15.5 Å². The molecule has 0 saturated heterocycles. The molecule has 0 bridgehead atoms. The highest BCUT2D eigenvalue weighted by Crippen LogP contribution is 2.23. The van der Waals surface area contributed by atoms with Gasteiger partial charge >= 0.3 is 0 Å². The Balaban J connectivity index is 1.97. The van der Waals surface area contributed by atoms with Crippen LogP contribution in [0.3, 0.4) is 0 Å². The molecule has 5 heteroatoms. The lowest BCUT2D eigenvalue weighted by Crippen LogP contribution is -2.41. The topological polar surface area (TPSA) is 66.9 Å². The Bertz CT molecular complexity index is 404. The third-order valence-electron chi connectivity index (χ3n) is 3.58. The van der Waals surface area contributed by atoms with E-state index in [0.29, 0.717) is 17.4 Å². The summed E-state index contributed by atoms with van der Waals surface area (Å²) in [5.41, 5.74) is 0.381. The van der Waals surface area contributed by atoms with E-state index in [0.717, 1.165) is 6.42 Å². The zero-order valence-electron chi connectivity index (χ0n) is 10.9. The van der Waals surface area contributed by atoms with Crippen molar-refractivity contribution >= 4 is 11.7 Å². The predicted octanol–water partition coefficient (Wildman–Crippen LogP) is 1.83. The van der Waals surface area contributed by atoms with E-state index in [1.54, 1.807) is 19.2 Å². The third-order valence-corrected chi connectivity index (χ3v) is 3.58. The first-order valence-electron chi connectivity index (χ1n) is 6.53. The molecule has 2 N–H and O–H groups in total. The summed E-state index contributed by atoms with van der Waals surface area (Å²) in [6.45, 7) is 2.19. The van der Waals surface area contributed by atoms with Crippen molar-refractivity contribution in [2.45, 2.75) is 38.6 Å². The number of nitrogens with zero attached hydrogens (tertiary/aromatic N) is 2. The van der Waals surface area contributed by atoms with Crippen LogP contribution in [0.2, 0.25) is 0 Å². The van der Waals surface area contributed by atoms with E-state index in [2.05, 4.69) is 27.8 Å². The number of carbonyl (C=O) groups is 1. The predicted molar refractivity (Wildman–Crippen MR) is 70.5 cm³/mol. The second-order valence-corrected chi connectivity index (χ2v) is 4.90. The maximum atomic E-state index is 12.0. The fraction of sp³-hybridized carbons (Fsp3) is 0.615. The number of aromatic nitrogens is 2. The maximum absolute atomic E-state index is 12.0. The first-order valence-corrected chi connectivity index (χ1v) is 6.53. The van der Waals surface area contributed by atoms with Crippen LogP contribution >= 0.6 is 0 Å². The second kappa shape index (κ2) is 5.80. The molecule has 1 saturated carbocycles. The van der Waals surface area contributed by atoms with Crippen LogP contribution in [0.15, 0.2) is 12.1 Å². The summed E-state index contributed by atoms with van der Waals surface area (Å²) < 4.78 is 0. The van der Waals surface area contributed by atoms with E-state index >= 15 is 0 Å². The highest BCUT2D eigenvalue weighted by molar-refractivity contribution is 5.92. The summed E-state index contributed by atoms with van der Waals surface area (Å²) in [6.07, 6.45) is 4.72. The minimum absolute atomic E-state index is 0.121. The Morgan fingerprint density at radius 1 is 1.28 bits per heavy atom. The molecule has 1 aromatic heterocycles. The van der Waals surface area contributed by atoms with E-state index in [9.17, 15) is 4.79 Å². The Kier molecular flexibility index (Phi) is 4.12. The summed E-state index contributed by atoms with van der Waals surface area (Å²) in [5.74, 6) is 1.09. The molecule has 2 atom stereocenters. The Hall–Kier alpha value is -1.65. The zero-order valence-corrected chi connectivity index (χ0v) is 10.9. The molecule has 1 aromatic rings. The monoisotopic (exact) mass is 248 g/mol. The lowest BCUT2D eigenvalue weighted by molar-refractivity contribution is 0.0904. The fourth-order valence-corrected chi connectivity index (χ4v) is 2.36. The molecule has 0 radical (unpaired) electrons. The molecule has 18 heavy (non-hydrogen) atoms. The van der Waals surface area contributed by atoms with Crippen molar-refractivity contribution in [3.63, 3.8) is 0 Å². The van der Waals surface area contributed by atoms with E-state index in [1.165, 1.54) is 19.3 Å². The molecule has 0 spiro atoms. The maximum Gasteiger partial charge on any atom is 0.272 e. The van der Waals surface area contributed by atoms with Gasteiger partial charge in [0.05, 0.1) is 0 Å². The van der Waals surface area contributed by atoms with Gasteiger partial charge in [-0.25, -0.2) is 0 Å². The lowest BCUT2D eigenvalue weighted by atomic mass is 9.86. The molecule has 1 heterocycles. The Morgan fingerprint density at radius 2 is 2.06 bits per heavy atom. The van der Waals surface area contributed by atoms with Gasteiger partial charge in [0, 0.05) is 13.1 Å². The van der Waals surface area contributed by atoms with Crippen molar-refractivity contribution in [1.29, 1.82) is 0 Å². The van der Waals surface area contributed by atoms with Crippen LogP contribution in [0.25, 0.3) is 0 Å². The van der Waals surface area contributed by atoms with Crippen molar-refractivity contribution in [2.24, 2.45) is 5.92 Å². The molecule has 0 aromatic carbocycles. The van der Waals surface area contributed by atoms with E-state index in [1.807, 2.05) is 0 Å². The van der Waals surface area contributed by atoms with Gasteiger partial charge in [-0.2, -0.15) is 0 Å². The van der Waals surface area contributed by atoms with Gasteiger partial charge in [-0.05, 0) is 30.9 Å². The van der Waals surface area contributed by atoms with Crippen LogP contribution < -0.4 is 10.6 Å². The van der Waals surface area contributed by atoms with Crippen LogP contribution in [-0.4, -0.2) is 29.2 Å². The van der Waals surface area contributed by atoms with Crippen LogP contribution in [0, 0.1) is 5.92 Å². The number of hydrogen-bond donors (Lipinski definition) is 2. The fourth-order valence-electron chi connectivity index (χ4n) is 2.36. The lowest BCUT2D eigenvalue weighted by Gasteiger charge is -2.29. The summed E-state index contributed by atoms with van der Waals surface area (Å²) in [4.78, 5) is 12.0. The quantitative estimate of drug-likeness (QED) is 0.856. The van der Waals surface area contributed by atoms with Crippen LogP contribution in [0.1, 0.15) is 43.1 Å². The molecular weight excluding hydrogens is 228 g/mol. The van der Waals surface area contributed by atoms with Gasteiger partial charge in [0.1, 0.15) is 5.82 Å². The van der Waals surface area contributed by atoms with Gasteiger partial charge in [0.25, 0.3) is 5.91 Å². The normalized spacial score (nSPS) is 23.4. The van der Waals surface area contributed by atoms with Gasteiger partial charge in [0.15, 0.2) is 5.69 Å². The van der Waals surface area contributed by atoms with Crippen molar-refractivity contribution in [2.75, 3.05) is 12.4 Å². The highest BCUT2D eigenvalue weighted by Gasteiger charge is 2.23. The molecule has 1 fully saturated rings. The van der Waals surface area contributed by atoms with E-state index in [-0.39, 0.29) is 11.9 Å². The average Bonchev–Trinajstić information content (AvgIpc) is 2.41. The summed E-state index contributed by atoms with van der Waals surface area (Å²) >= 11 is 0. The first-order chi connectivity index (χ1) is 8.70. The third kappa shape index (κ3) is 2.97. The van der Waals surface area contributed by atoms with Crippen molar-refractivity contribution in [3.8, 4) is 0 Å². The van der Waals surface area contributed by atoms with Crippen molar-refractivity contribution < 1.29 is 4.79 Å². The Labute approximate surface area is 107 Å². The van der Waals surface area contributed by atoms with Crippen molar-refractivity contribution in [3.05, 3.63) is 17.8 Å². The molecule has 2 unspecified atom stereocenters. The molecular formula is C13H20N4O. The van der Waals surface area contributed by atoms with Gasteiger partial charge in [-0.15, -0.1) is 10.2 Å². The molecule has 1 aliphatic rings. The largest absolute Gasteiger partial charge is 0.372 e. The molecule has 98 valence electrons. The number of hydrogen-bond acceptors (Lipinski definition) is 4. The minimum Gasteiger partial charge on any atom is -0.372 e. The van der Waals surface area contributed by atoms with Gasteiger partial charge < -0.3 is 10.6 Å². The number of rotatable bonds is 3. The molecule has 2 rings (SSSR count). The SMILES string of the molecule is CNc1ccc(C(=O)NC2CCCCC2C)nn1. The number of amides is 1. The number of carbonyl (C=O) groups excluding carboxylic acids is 1. The zero-order chi connectivity index (χ0) is 13.0.